The summed E-state index contributed by atoms with van der Waals surface area (Å²) in [5.74, 6) is 0.738. The van der Waals surface area contributed by atoms with Gasteiger partial charge in [-0.25, -0.2) is 9.97 Å². The third-order valence-electron chi connectivity index (χ3n) is 2.69. The highest BCUT2D eigenvalue weighted by atomic mass is 14.9. The normalized spacial score (nSPS) is 14.8. The standard InChI is InChI=1S/C14H25N3/c1-9(15)12-16-10(13(2,3)4)8-11(17-12)14(5,6)7/h8-9H,15H2,1-7H3. The minimum atomic E-state index is -0.126. The molecule has 0 saturated heterocycles. The Balaban J connectivity index is 3.40. The molecule has 1 rings (SSSR count). The fraction of sp³-hybridized carbons (Fsp3) is 0.714. The second-order valence-electron chi connectivity index (χ2n) is 6.79. The monoisotopic (exact) mass is 235 g/mol. The first-order chi connectivity index (χ1) is 7.51. The zero-order valence-electron chi connectivity index (χ0n) is 12.1. The van der Waals surface area contributed by atoms with E-state index in [-0.39, 0.29) is 16.9 Å². The van der Waals surface area contributed by atoms with Crippen molar-refractivity contribution >= 4 is 0 Å². The van der Waals surface area contributed by atoms with Crippen molar-refractivity contribution in [2.45, 2.75) is 65.3 Å². The molecule has 2 N–H and O–H groups in total. The molecule has 0 aliphatic heterocycles. The van der Waals surface area contributed by atoms with Crippen molar-refractivity contribution in [2.75, 3.05) is 0 Å². The SMILES string of the molecule is CC(N)c1nc(C(C)(C)C)cc(C(C)(C)C)n1. The number of aromatic nitrogens is 2. The largest absolute Gasteiger partial charge is 0.322 e. The summed E-state index contributed by atoms with van der Waals surface area (Å²) in [7, 11) is 0. The zero-order chi connectivity index (χ0) is 13.4. The van der Waals surface area contributed by atoms with Crippen LogP contribution >= 0.6 is 0 Å². The Bertz CT molecular complexity index is 363. The number of rotatable bonds is 1. The van der Waals surface area contributed by atoms with E-state index >= 15 is 0 Å². The molecule has 96 valence electrons. The minimum absolute atomic E-state index is 0.0204. The lowest BCUT2D eigenvalue weighted by atomic mass is 9.86. The van der Waals surface area contributed by atoms with Gasteiger partial charge in [0, 0.05) is 22.2 Å². The molecule has 17 heavy (non-hydrogen) atoms. The van der Waals surface area contributed by atoms with Gasteiger partial charge in [-0.3, -0.25) is 0 Å². The van der Waals surface area contributed by atoms with Crippen LogP contribution in [0.5, 0.6) is 0 Å². The average Bonchev–Trinajstić information content (AvgIpc) is 2.14. The number of nitrogens with zero attached hydrogens (tertiary/aromatic N) is 2. The Labute approximate surface area is 105 Å². The van der Waals surface area contributed by atoms with Gasteiger partial charge in [0.15, 0.2) is 0 Å². The molecule has 0 spiro atoms. The Morgan fingerprint density at radius 3 is 1.53 bits per heavy atom. The highest BCUT2D eigenvalue weighted by molar-refractivity contribution is 5.23. The average molecular weight is 235 g/mol. The van der Waals surface area contributed by atoms with E-state index in [2.05, 4.69) is 57.6 Å². The van der Waals surface area contributed by atoms with E-state index < -0.39 is 0 Å². The summed E-state index contributed by atoms with van der Waals surface area (Å²) >= 11 is 0. The molecule has 1 heterocycles. The highest BCUT2D eigenvalue weighted by Crippen LogP contribution is 2.27. The Morgan fingerprint density at radius 2 is 1.29 bits per heavy atom. The molecule has 0 aliphatic rings. The Morgan fingerprint density at radius 1 is 0.941 bits per heavy atom. The highest BCUT2D eigenvalue weighted by Gasteiger charge is 2.23. The van der Waals surface area contributed by atoms with Crippen molar-refractivity contribution in [3.05, 3.63) is 23.3 Å². The molecule has 1 aromatic heterocycles. The molecular formula is C14H25N3. The van der Waals surface area contributed by atoms with Gasteiger partial charge in [0.2, 0.25) is 0 Å². The molecule has 0 bridgehead atoms. The molecular weight excluding hydrogens is 210 g/mol. The van der Waals surface area contributed by atoms with Crippen LogP contribution in [0.1, 0.15) is 71.7 Å². The van der Waals surface area contributed by atoms with Crippen LogP contribution in [0, 0.1) is 0 Å². The second kappa shape index (κ2) is 4.37. The molecule has 1 unspecified atom stereocenters. The molecule has 0 saturated carbocycles. The predicted octanol–water partition coefficient (Wildman–Crippen LogP) is 3.09. The summed E-state index contributed by atoms with van der Waals surface area (Å²) in [5, 5.41) is 0. The van der Waals surface area contributed by atoms with Gasteiger partial charge in [-0.05, 0) is 13.0 Å². The molecule has 3 nitrogen and oxygen atoms in total. The van der Waals surface area contributed by atoms with Gasteiger partial charge in [-0.1, -0.05) is 41.5 Å². The molecule has 0 amide bonds. The maximum Gasteiger partial charge on any atom is 0.145 e. The molecule has 0 aliphatic carbocycles. The summed E-state index contributed by atoms with van der Waals surface area (Å²) in [6.07, 6.45) is 0. The van der Waals surface area contributed by atoms with Gasteiger partial charge in [-0.15, -0.1) is 0 Å². The topological polar surface area (TPSA) is 51.8 Å². The van der Waals surface area contributed by atoms with Gasteiger partial charge >= 0.3 is 0 Å². The van der Waals surface area contributed by atoms with Crippen LogP contribution in [0.4, 0.5) is 0 Å². The van der Waals surface area contributed by atoms with E-state index in [1.807, 2.05) is 6.92 Å². The van der Waals surface area contributed by atoms with E-state index in [1.165, 1.54) is 0 Å². The van der Waals surface area contributed by atoms with Crippen molar-refractivity contribution in [1.29, 1.82) is 0 Å². The first-order valence-corrected chi connectivity index (χ1v) is 6.17. The van der Waals surface area contributed by atoms with E-state index in [9.17, 15) is 0 Å². The third-order valence-corrected chi connectivity index (χ3v) is 2.69. The first kappa shape index (κ1) is 14.1. The summed E-state index contributed by atoms with van der Waals surface area (Å²) in [4.78, 5) is 9.16. The van der Waals surface area contributed by atoms with Crippen LogP contribution in [0.25, 0.3) is 0 Å². The van der Waals surface area contributed by atoms with E-state index in [1.54, 1.807) is 0 Å². The van der Waals surface area contributed by atoms with Crippen LogP contribution in [0.3, 0.4) is 0 Å². The zero-order valence-corrected chi connectivity index (χ0v) is 12.1. The van der Waals surface area contributed by atoms with E-state index in [0.717, 1.165) is 17.2 Å². The van der Waals surface area contributed by atoms with Crippen LogP contribution in [-0.4, -0.2) is 9.97 Å². The second-order valence-corrected chi connectivity index (χ2v) is 6.79. The maximum atomic E-state index is 5.91. The Kier molecular flexibility index (Phi) is 3.63. The lowest BCUT2D eigenvalue weighted by molar-refractivity contribution is 0.523. The molecule has 0 fully saturated rings. The summed E-state index contributed by atoms with van der Waals surface area (Å²) in [6, 6.07) is 1.98. The van der Waals surface area contributed by atoms with Gasteiger partial charge < -0.3 is 5.73 Å². The van der Waals surface area contributed by atoms with E-state index in [4.69, 9.17) is 5.73 Å². The summed E-state index contributed by atoms with van der Waals surface area (Å²) < 4.78 is 0. The van der Waals surface area contributed by atoms with Crippen LogP contribution in [-0.2, 0) is 10.8 Å². The van der Waals surface area contributed by atoms with Gasteiger partial charge in [0.1, 0.15) is 5.82 Å². The Hall–Kier alpha value is -0.960. The molecule has 1 atom stereocenters. The van der Waals surface area contributed by atoms with Gasteiger partial charge in [0.05, 0.1) is 6.04 Å². The fourth-order valence-corrected chi connectivity index (χ4v) is 1.44. The van der Waals surface area contributed by atoms with Crippen molar-refractivity contribution < 1.29 is 0 Å². The lowest BCUT2D eigenvalue weighted by Crippen LogP contribution is -2.23. The fourth-order valence-electron chi connectivity index (χ4n) is 1.44. The molecule has 3 heteroatoms. The molecule has 0 radical (unpaired) electrons. The van der Waals surface area contributed by atoms with Crippen molar-refractivity contribution in [3.63, 3.8) is 0 Å². The van der Waals surface area contributed by atoms with Crippen LogP contribution < -0.4 is 5.73 Å². The molecule has 0 aromatic carbocycles. The van der Waals surface area contributed by atoms with Gasteiger partial charge in [-0.2, -0.15) is 0 Å². The minimum Gasteiger partial charge on any atom is -0.322 e. The van der Waals surface area contributed by atoms with Crippen LogP contribution in [0.15, 0.2) is 6.07 Å². The first-order valence-electron chi connectivity index (χ1n) is 6.17. The summed E-state index contributed by atoms with van der Waals surface area (Å²) in [5.41, 5.74) is 8.07. The van der Waals surface area contributed by atoms with Crippen molar-refractivity contribution in [3.8, 4) is 0 Å². The smallest absolute Gasteiger partial charge is 0.145 e. The third kappa shape index (κ3) is 3.50. The quantitative estimate of drug-likeness (QED) is 0.813. The lowest BCUT2D eigenvalue weighted by Gasteiger charge is -2.24. The van der Waals surface area contributed by atoms with E-state index in [0.29, 0.717) is 0 Å². The van der Waals surface area contributed by atoms with Crippen molar-refractivity contribution in [2.24, 2.45) is 5.73 Å². The maximum absolute atomic E-state index is 5.91. The number of nitrogens with two attached hydrogens (primary N) is 1. The van der Waals surface area contributed by atoms with Crippen molar-refractivity contribution in [1.82, 2.24) is 9.97 Å². The molecule has 1 aromatic rings. The number of hydrogen-bond acceptors (Lipinski definition) is 3. The van der Waals surface area contributed by atoms with Crippen LogP contribution in [0.2, 0.25) is 0 Å². The number of hydrogen-bond donors (Lipinski definition) is 1. The summed E-state index contributed by atoms with van der Waals surface area (Å²) in [6.45, 7) is 14.9. The van der Waals surface area contributed by atoms with Gasteiger partial charge in [0.25, 0.3) is 0 Å². The predicted molar refractivity (Wildman–Crippen MR) is 72.0 cm³/mol.